The number of amides is 1. The van der Waals surface area contributed by atoms with Crippen molar-refractivity contribution in [1.82, 2.24) is 4.31 Å². The first kappa shape index (κ1) is 14.5. The number of hydrogen-bond acceptors (Lipinski definition) is 3. The Balaban J connectivity index is 2.40. The minimum absolute atomic E-state index is 0.176. The molecule has 104 valence electrons. The third-order valence-corrected chi connectivity index (χ3v) is 5.58. The summed E-state index contributed by atoms with van der Waals surface area (Å²) in [5, 5.41) is 0. The van der Waals surface area contributed by atoms with Crippen molar-refractivity contribution in [2.24, 2.45) is 5.73 Å². The molecule has 1 unspecified atom stereocenters. The number of halogens is 1. The second-order valence-corrected chi connectivity index (χ2v) is 7.29. The molecule has 1 aliphatic rings. The molecular formula is C12H15BrN2O3S. The molecule has 2 N–H and O–H groups in total. The molecule has 7 heteroatoms. The van der Waals surface area contributed by atoms with E-state index in [-0.39, 0.29) is 4.90 Å². The molecule has 5 nitrogen and oxygen atoms in total. The Bertz CT molecular complexity index is 588. The summed E-state index contributed by atoms with van der Waals surface area (Å²) in [6, 6.07) is 5.72. The quantitative estimate of drug-likeness (QED) is 0.899. The number of hydrogen-bond donors (Lipinski definition) is 1. The van der Waals surface area contributed by atoms with Crippen LogP contribution in [0, 0.1) is 0 Å². The lowest BCUT2D eigenvalue weighted by molar-refractivity contribution is -0.122. The van der Waals surface area contributed by atoms with Crippen molar-refractivity contribution in [3.05, 3.63) is 28.7 Å². The van der Waals surface area contributed by atoms with Gasteiger partial charge in [-0.2, -0.15) is 4.31 Å². The van der Waals surface area contributed by atoms with Gasteiger partial charge in [-0.1, -0.05) is 28.4 Å². The van der Waals surface area contributed by atoms with E-state index in [1.165, 1.54) is 16.4 Å². The number of primary amides is 1. The average molecular weight is 347 g/mol. The third kappa shape index (κ3) is 2.98. The fourth-order valence-electron chi connectivity index (χ4n) is 2.24. The van der Waals surface area contributed by atoms with Gasteiger partial charge in [0, 0.05) is 11.0 Å². The summed E-state index contributed by atoms with van der Waals surface area (Å²) in [5.41, 5.74) is 5.31. The molecule has 1 fully saturated rings. The monoisotopic (exact) mass is 346 g/mol. The van der Waals surface area contributed by atoms with Crippen LogP contribution >= 0.6 is 15.9 Å². The van der Waals surface area contributed by atoms with Crippen LogP contribution in [0.1, 0.15) is 19.3 Å². The molecule has 0 radical (unpaired) electrons. The summed E-state index contributed by atoms with van der Waals surface area (Å²) >= 11 is 3.25. The van der Waals surface area contributed by atoms with E-state index in [1.807, 2.05) is 0 Å². The molecule has 1 heterocycles. The number of carbonyl (C=O) groups is 1. The zero-order valence-corrected chi connectivity index (χ0v) is 12.7. The van der Waals surface area contributed by atoms with Crippen molar-refractivity contribution in [2.75, 3.05) is 6.54 Å². The van der Waals surface area contributed by atoms with Crippen LogP contribution < -0.4 is 5.73 Å². The topological polar surface area (TPSA) is 80.5 Å². The van der Waals surface area contributed by atoms with Crippen molar-refractivity contribution >= 4 is 31.9 Å². The Kier molecular flexibility index (Phi) is 4.27. The second-order valence-electron chi connectivity index (χ2n) is 4.49. The summed E-state index contributed by atoms with van der Waals surface area (Å²) in [5.74, 6) is -0.585. The average Bonchev–Trinajstić information content (AvgIpc) is 2.38. The normalized spacial score (nSPS) is 21.2. The second kappa shape index (κ2) is 5.60. The molecule has 1 atom stereocenters. The van der Waals surface area contributed by atoms with E-state index in [2.05, 4.69) is 15.9 Å². The van der Waals surface area contributed by atoms with E-state index < -0.39 is 22.0 Å². The standard InChI is InChI=1S/C12H15BrN2O3S/c13-9-4-3-5-10(8-9)19(17,18)15-7-2-1-6-11(15)12(14)16/h3-5,8,11H,1-2,6-7H2,(H2,14,16). The molecule has 2 rings (SSSR count). The maximum atomic E-state index is 12.6. The van der Waals surface area contributed by atoms with Crippen molar-refractivity contribution < 1.29 is 13.2 Å². The number of piperidine rings is 1. The lowest BCUT2D eigenvalue weighted by Crippen LogP contribution is -2.50. The molecule has 19 heavy (non-hydrogen) atoms. The molecule has 0 spiro atoms. The molecule has 0 bridgehead atoms. The van der Waals surface area contributed by atoms with E-state index >= 15 is 0 Å². The highest BCUT2D eigenvalue weighted by molar-refractivity contribution is 9.10. The van der Waals surface area contributed by atoms with E-state index in [1.54, 1.807) is 12.1 Å². The highest BCUT2D eigenvalue weighted by atomic mass is 79.9. The highest BCUT2D eigenvalue weighted by Gasteiger charge is 2.36. The van der Waals surface area contributed by atoms with E-state index in [0.29, 0.717) is 17.4 Å². The van der Waals surface area contributed by atoms with Crippen LogP contribution in [0.3, 0.4) is 0 Å². The minimum atomic E-state index is -3.68. The van der Waals surface area contributed by atoms with Gasteiger partial charge in [-0.15, -0.1) is 0 Å². The molecule has 0 aromatic heterocycles. The summed E-state index contributed by atoms with van der Waals surface area (Å²) in [7, 11) is -3.68. The molecule has 1 aromatic rings. The Morgan fingerprint density at radius 2 is 2.11 bits per heavy atom. The number of nitrogens with zero attached hydrogens (tertiary/aromatic N) is 1. The summed E-state index contributed by atoms with van der Waals surface area (Å²) in [6.45, 7) is 0.336. The number of benzene rings is 1. The lowest BCUT2D eigenvalue weighted by Gasteiger charge is -2.32. The highest BCUT2D eigenvalue weighted by Crippen LogP contribution is 2.26. The third-order valence-electron chi connectivity index (χ3n) is 3.18. The fourth-order valence-corrected chi connectivity index (χ4v) is 4.50. The smallest absolute Gasteiger partial charge is 0.243 e. The first-order chi connectivity index (χ1) is 8.93. The number of rotatable bonds is 3. The Morgan fingerprint density at radius 3 is 2.74 bits per heavy atom. The van der Waals surface area contributed by atoms with Crippen molar-refractivity contribution in [2.45, 2.75) is 30.2 Å². The van der Waals surface area contributed by atoms with E-state index in [9.17, 15) is 13.2 Å². The van der Waals surface area contributed by atoms with E-state index in [0.717, 1.165) is 12.8 Å². The maximum Gasteiger partial charge on any atom is 0.243 e. The first-order valence-corrected chi connectivity index (χ1v) is 8.23. The van der Waals surface area contributed by atoms with Gasteiger partial charge in [0.1, 0.15) is 6.04 Å². The summed E-state index contributed by atoms with van der Waals surface area (Å²) in [6.07, 6.45) is 2.05. The van der Waals surface area contributed by atoms with Gasteiger partial charge in [0.25, 0.3) is 0 Å². The Hall–Kier alpha value is -0.920. The van der Waals surface area contributed by atoms with E-state index in [4.69, 9.17) is 5.73 Å². The first-order valence-electron chi connectivity index (χ1n) is 5.99. The Labute approximate surface area is 121 Å². The van der Waals surface area contributed by atoms with Crippen LogP contribution in [0.15, 0.2) is 33.6 Å². The van der Waals surface area contributed by atoms with Gasteiger partial charge in [0.05, 0.1) is 4.90 Å². The van der Waals surface area contributed by atoms with Gasteiger partial charge in [-0.05, 0) is 31.0 Å². The fraction of sp³-hybridized carbons (Fsp3) is 0.417. The van der Waals surface area contributed by atoms with Crippen LogP contribution in [0.25, 0.3) is 0 Å². The van der Waals surface area contributed by atoms with Gasteiger partial charge < -0.3 is 5.73 Å². The zero-order chi connectivity index (χ0) is 14.0. The van der Waals surface area contributed by atoms with Crippen molar-refractivity contribution in [3.8, 4) is 0 Å². The lowest BCUT2D eigenvalue weighted by atomic mass is 10.0. The maximum absolute atomic E-state index is 12.6. The van der Waals surface area contributed by atoms with Crippen LogP contribution in [0.4, 0.5) is 0 Å². The number of carbonyl (C=O) groups excluding carboxylic acids is 1. The van der Waals surface area contributed by atoms with Gasteiger partial charge in [-0.3, -0.25) is 4.79 Å². The molecule has 1 aromatic carbocycles. The molecule has 1 amide bonds. The van der Waals surface area contributed by atoms with Crippen molar-refractivity contribution in [3.63, 3.8) is 0 Å². The predicted octanol–water partition coefficient (Wildman–Crippen LogP) is 1.48. The molecular weight excluding hydrogens is 332 g/mol. The SMILES string of the molecule is NC(=O)C1CCCCN1S(=O)(=O)c1cccc(Br)c1. The molecule has 0 aliphatic carbocycles. The van der Waals surface area contributed by atoms with Gasteiger partial charge in [-0.25, -0.2) is 8.42 Å². The summed E-state index contributed by atoms with van der Waals surface area (Å²) in [4.78, 5) is 11.6. The Morgan fingerprint density at radius 1 is 1.37 bits per heavy atom. The van der Waals surface area contributed by atoms with Gasteiger partial charge in [0.15, 0.2) is 0 Å². The predicted molar refractivity (Wildman–Crippen MR) is 74.9 cm³/mol. The molecule has 1 saturated heterocycles. The molecule has 0 saturated carbocycles. The number of nitrogens with two attached hydrogens (primary N) is 1. The molecule has 1 aliphatic heterocycles. The van der Waals surface area contributed by atoms with Crippen molar-refractivity contribution in [1.29, 1.82) is 0 Å². The largest absolute Gasteiger partial charge is 0.368 e. The zero-order valence-electron chi connectivity index (χ0n) is 10.3. The van der Waals surface area contributed by atoms with Gasteiger partial charge in [0.2, 0.25) is 15.9 Å². The van der Waals surface area contributed by atoms with Crippen LogP contribution in [-0.2, 0) is 14.8 Å². The van der Waals surface area contributed by atoms with Crippen LogP contribution in [-0.4, -0.2) is 31.2 Å². The van der Waals surface area contributed by atoms with Gasteiger partial charge >= 0.3 is 0 Å². The summed E-state index contributed by atoms with van der Waals surface area (Å²) < 4.78 is 27.0. The van der Waals surface area contributed by atoms with Crippen LogP contribution in [0.5, 0.6) is 0 Å². The van der Waals surface area contributed by atoms with Crippen LogP contribution in [0.2, 0.25) is 0 Å². The number of sulfonamides is 1. The minimum Gasteiger partial charge on any atom is -0.368 e.